The van der Waals surface area contributed by atoms with Gasteiger partial charge in [-0.2, -0.15) is 0 Å². The van der Waals surface area contributed by atoms with Crippen molar-refractivity contribution >= 4 is 0 Å². The highest BCUT2D eigenvalue weighted by molar-refractivity contribution is 5.45. The fourth-order valence-corrected chi connectivity index (χ4v) is 4.31. The molecule has 2 aromatic carbocycles. The van der Waals surface area contributed by atoms with Gasteiger partial charge in [0.1, 0.15) is 17.6 Å². The van der Waals surface area contributed by atoms with Crippen molar-refractivity contribution in [2.24, 2.45) is 5.92 Å². The van der Waals surface area contributed by atoms with E-state index in [1.54, 1.807) is 6.07 Å². The van der Waals surface area contributed by atoms with Crippen LogP contribution in [0.3, 0.4) is 0 Å². The molecule has 0 saturated heterocycles. The summed E-state index contributed by atoms with van der Waals surface area (Å²) in [6, 6.07) is 14.4. The quantitative estimate of drug-likeness (QED) is 0.754. The van der Waals surface area contributed by atoms with E-state index in [1.807, 2.05) is 12.1 Å². The first-order valence-electron chi connectivity index (χ1n) is 8.78. The molecule has 1 fully saturated rings. The number of benzene rings is 2. The first-order valence-corrected chi connectivity index (χ1v) is 8.78. The van der Waals surface area contributed by atoms with Gasteiger partial charge in [-0.3, -0.25) is 0 Å². The summed E-state index contributed by atoms with van der Waals surface area (Å²) in [6.07, 6.45) is 6.40. The van der Waals surface area contributed by atoms with Crippen LogP contribution in [0.4, 0.5) is 0 Å². The van der Waals surface area contributed by atoms with E-state index in [0.717, 1.165) is 5.75 Å². The zero-order valence-electron chi connectivity index (χ0n) is 13.7. The molecule has 0 aromatic heterocycles. The molecule has 4 rings (SSSR count). The van der Waals surface area contributed by atoms with E-state index in [0.29, 0.717) is 17.6 Å². The molecule has 0 radical (unpaired) electrons. The van der Waals surface area contributed by atoms with Crippen LogP contribution in [0.2, 0.25) is 0 Å². The number of aryl methyl sites for hydroxylation is 1. The molecule has 1 saturated carbocycles. The Morgan fingerprint density at radius 2 is 1.74 bits per heavy atom. The summed E-state index contributed by atoms with van der Waals surface area (Å²) in [5, 5.41) is 9.91. The topological polar surface area (TPSA) is 29.5 Å². The van der Waals surface area contributed by atoms with Gasteiger partial charge in [0.2, 0.25) is 0 Å². The van der Waals surface area contributed by atoms with Gasteiger partial charge in [-0.1, -0.05) is 49.1 Å². The Morgan fingerprint density at radius 1 is 0.957 bits per heavy atom. The number of phenols is 1. The number of phenolic OH excluding ortho intramolecular Hbond substituents is 1. The second-order valence-electron chi connectivity index (χ2n) is 7.08. The van der Waals surface area contributed by atoms with Gasteiger partial charge in [-0.05, 0) is 49.4 Å². The molecule has 23 heavy (non-hydrogen) atoms. The zero-order chi connectivity index (χ0) is 15.8. The molecule has 2 heteroatoms. The third kappa shape index (κ3) is 2.71. The molecule has 1 aliphatic heterocycles. The molecule has 120 valence electrons. The molecule has 0 unspecified atom stereocenters. The highest BCUT2D eigenvalue weighted by Crippen LogP contribution is 2.52. The molecule has 1 aliphatic carbocycles. The number of ether oxygens (including phenoxy) is 1. The van der Waals surface area contributed by atoms with Crippen molar-refractivity contribution in [3.63, 3.8) is 0 Å². The molecule has 3 atom stereocenters. The van der Waals surface area contributed by atoms with Crippen LogP contribution in [-0.4, -0.2) is 5.11 Å². The number of hydrogen-bond donors (Lipinski definition) is 1. The van der Waals surface area contributed by atoms with Crippen LogP contribution >= 0.6 is 0 Å². The SMILES string of the molecule is Cc1ccc([C@H]2Oc3ccc(O)cc3[C@H]3CCCCC[C@H]32)cc1. The molecule has 1 heterocycles. The summed E-state index contributed by atoms with van der Waals surface area (Å²) in [6.45, 7) is 2.12. The van der Waals surface area contributed by atoms with E-state index in [9.17, 15) is 5.11 Å². The van der Waals surface area contributed by atoms with Gasteiger partial charge in [0, 0.05) is 11.5 Å². The van der Waals surface area contributed by atoms with Gasteiger partial charge in [0.05, 0.1) is 0 Å². The number of hydrogen-bond acceptors (Lipinski definition) is 2. The maximum absolute atomic E-state index is 9.91. The lowest BCUT2D eigenvalue weighted by Crippen LogP contribution is -2.29. The van der Waals surface area contributed by atoms with E-state index in [4.69, 9.17) is 4.74 Å². The van der Waals surface area contributed by atoms with Crippen molar-refractivity contribution in [3.8, 4) is 11.5 Å². The fourth-order valence-electron chi connectivity index (χ4n) is 4.31. The van der Waals surface area contributed by atoms with E-state index in [1.165, 1.54) is 48.8 Å². The van der Waals surface area contributed by atoms with E-state index < -0.39 is 0 Å². The Bertz CT molecular complexity index is 689. The zero-order valence-corrected chi connectivity index (χ0v) is 13.7. The van der Waals surface area contributed by atoms with Gasteiger partial charge in [0.15, 0.2) is 0 Å². The summed E-state index contributed by atoms with van der Waals surface area (Å²) in [7, 11) is 0. The molecule has 0 bridgehead atoms. The third-order valence-corrected chi connectivity index (χ3v) is 5.51. The summed E-state index contributed by atoms with van der Waals surface area (Å²) in [4.78, 5) is 0. The lowest BCUT2D eigenvalue weighted by Gasteiger charge is -2.39. The lowest BCUT2D eigenvalue weighted by atomic mass is 9.75. The third-order valence-electron chi connectivity index (χ3n) is 5.51. The van der Waals surface area contributed by atoms with Crippen LogP contribution in [0.1, 0.15) is 60.8 Å². The fraction of sp³-hybridized carbons (Fsp3) is 0.429. The lowest BCUT2D eigenvalue weighted by molar-refractivity contribution is 0.0863. The Balaban J connectivity index is 1.78. The molecular weight excluding hydrogens is 284 g/mol. The van der Waals surface area contributed by atoms with Crippen LogP contribution in [0.15, 0.2) is 42.5 Å². The van der Waals surface area contributed by atoms with Gasteiger partial charge in [-0.25, -0.2) is 0 Å². The first-order chi connectivity index (χ1) is 11.2. The summed E-state index contributed by atoms with van der Waals surface area (Å²) in [5.74, 6) is 2.31. The average Bonchev–Trinajstić information content (AvgIpc) is 2.81. The number of rotatable bonds is 1. The maximum Gasteiger partial charge on any atom is 0.127 e. The van der Waals surface area contributed by atoms with Crippen molar-refractivity contribution in [1.29, 1.82) is 0 Å². The van der Waals surface area contributed by atoms with E-state index >= 15 is 0 Å². The average molecular weight is 308 g/mol. The van der Waals surface area contributed by atoms with Gasteiger partial charge in [-0.15, -0.1) is 0 Å². The van der Waals surface area contributed by atoms with Gasteiger partial charge < -0.3 is 9.84 Å². The van der Waals surface area contributed by atoms with Gasteiger partial charge >= 0.3 is 0 Å². The minimum Gasteiger partial charge on any atom is -0.508 e. The smallest absolute Gasteiger partial charge is 0.127 e. The minimum absolute atomic E-state index is 0.135. The summed E-state index contributed by atoms with van der Waals surface area (Å²) < 4.78 is 6.43. The molecule has 0 spiro atoms. The highest BCUT2D eigenvalue weighted by atomic mass is 16.5. The van der Waals surface area contributed by atoms with Gasteiger partial charge in [0.25, 0.3) is 0 Å². The predicted molar refractivity (Wildman–Crippen MR) is 92.0 cm³/mol. The second-order valence-corrected chi connectivity index (χ2v) is 7.08. The molecule has 2 aromatic rings. The molecule has 0 amide bonds. The normalized spacial score (nSPS) is 26.6. The van der Waals surface area contributed by atoms with Crippen LogP contribution in [-0.2, 0) is 0 Å². The molecule has 1 N–H and O–H groups in total. The van der Waals surface area contributed by atoms with Crippen LogP contribution in [0.5, 0.6) is 11.5 Å². The minimum atomic E-state index is 0.135. The predicted octanol–water partition coefficient (Wildman–Crippen LogP) is 5.50. The Labute approximate surface area is 138 Å². The number of fused-ring (bicyclic) bond motifs is 3. The first kappa shape index (κ1) is 14.6. The maximum atomic E-state index is 9.91. The molecular formula is C21H24O2. The van der Waals surface area contributed by atoms with Crippen LogP contribution in [0.25, 0.3) is 0 Å². The van der Waals surface area contributed by atoms with Crippen molar-refractivity contribution in [2.45, 2.75) is 51.0 Å². The highest BCUT2D eigenvalue weighted by Gasteiger charge is 2.39. The van der Waals surface area contributed by atoms with Crippen LogP contribution < -0.4 is 4.74 Å². The Morgan fingerprint density at radius 3 is 2.57 bits per heavy atom. The Kier molecular flexibility index (Phi) is 3.76. The van der Waals surface area contributed by atoms with Crippen molar-refractivity contribution in [1.82, 2.24) is 0 Å². The summed E-state index contributed by atoms with van der Waals surface area (Å²) >= 11 is 0. The largest absolute Gasteiger partial charge is 0.508 e. The summed E-state index contributed by atoms with van der Waals surface area (Å²) in [5.41, 5.74) is 3.78. The van der Waals surface area contributed by atoms with E-state index in [2.05, 4.69) is 31.2 Å². The van der Waals surface area contributed by atoms with Crippen molar-refractivity contribution in [3.05, 3.63) is 59.2 Å². The standard InChI is InChI=1S/C21H24O2/c1-14-7-9-15(10-8-14)21-18-6-4-2-3-5-17(18)19-13-16(22)11-12-20(19)23-21/h7-13,17-18,21-22H,2-6H2,1H3/t17-,18+,21+/m0/s1. The van der Waals surface area contributed by atoms with E-state index in [-0.39, 0.29) is 6.10 Å². The second kappa shape index (κ2) is 5.92. The van der Waals surface area contributed by atoms with Crippen molar-refractivity contribution in [2.75, 3.05) is 0 Å². The Hall–Kier alpha value is -1.96. The molecule has 2 nitrogen and oxygen atoms in total. The van der Waals surface area contributed by atoms with Crippen molar-refractivity contribution < 1.29 is 9.84 Å². The van der Waals surface area contributed by atoms with Crippen LogP contribution in [0, 0.1) is 12.8 Å². The monoisotopic (exact) mass is 308 g/mol. The molecule has 2 aliphatic rings. The number of aromatic hydroxyl groups is 1.